The van der Waals surface area contributed by atoms with Gasteiger partial charge >= 0.3 is 0 Å². The Bertz CT molecular complexity index is 490. The van der Waals surface area contributed by atoms with Crippen molar-refractivity contribution in [1.29, 1.82) is 0 Å². The molecule has 0 aromatic carbocycles. The molecule has 0 radical (unpaired) electrons. The van der Waals surface area contributed by atoms with E-state index in [1.54, 1.807) is 6.07 Å². The number of aliphatic hydroxyl groups excluding tert-OH is 1. The van der Waals surface area contributed by atoms with Gasteiger partial charge in [-0.2, -0.15) is 0 Å². The average Bonchev–Trinajstić information content (AvgIpc) is 2.70. The Morgan fingerprint density at radius 2 is 2.25 bits per heavy atom. The summed E-state index contributed by atoms with van der Waals surface area (Å²) in [5, 5.41) is 21.4. The second kappa shape index (κ2) is 6.56. The van der Waals surface area contributed by atoms with E-state index in [1.165, 1.54) is 6.42 Å². The van der Waals surface area contributed by atoms with E-state index < -0.39 is 0 Å². The van der Waals surface area contributed by atoms with Gasteiger partial charge in [0.25, 0.3) is 0 Å². The maximum absolute atomic E-state index is 9.58. The number of rotatable bonds is 3. The molecule has 0 aliphatic carbocycles. The SMILES string of the molecule is Cc1cc(/C(N)=N/O)cc(N2CCCCCC2CO)n1. The first-order valence-electron chi connectivity index (χ1n) is 6.99. The van der Waals surface area contributed by atoms with E-state index in [9.17, 15) is 5.11 Å². The summed E-state index contributed by atoms with van der Waals surface area (Å²) >= 11 is 0. The first-order valence-corrected chi connectivity index (χ1v) is 6.99. The Labute approximate surface area is 118 Å². The smallest absolute Gasteiger partial charge is 0.170 e. The van der Waals surface area contributed by atoms with Crippen molar-refractivity contribution >= 4 is 11.7 Å². The number of amidine groups is 1. The van der Waals surface area contributed by atoms with Crippen LogP contribution in [0.3, 0.4) is 0 Å². The minimum absolute atomic E-state index is 0.0760. The molecule has 0 amide bonds. The zero-order chi connectivity index (χ0) is 14.5. The van der Waals surface area contributed by atoms with Crippen LogP contribution in [-0.2, 0) is 0 Å². The predicted molar refractivity (Wildman–Crippen MR) is 78.2 cm³/mol. The highest BCUT2D eigenvalue weighted by molar-refractivity contribution is 5.97. The van der Waals surface area contributed by atoms with Crippen LogP contribution < -0.4 is 10.6 Å². The van der Waals surface area contributed by atoms with Crippen LogP contribution in [0.4, 0.5) is 5.82 Å². The summed E-state index contributed by atoms with van der Waals surface area (Å²) in [7, 11) is 0. The predicted octanol–water partition coefficient (Wildman–Crippen LogP) is 1.23. The molecule has 1 fully saturated rings. The average molecular weight is 278 g/mol. The third kappa shape index (κ3) is 3.19. The molecule has 6 nitrogen and oxygen atoms in total. The lowest BCUT2D eigenvalue weighted by molar-refractivity contribution is 0.254. The van der Waals surface area contributed by atoms with E-state index >= 15 is 0 Å². The van der Waals surface area contributed by atoms with Gasteiger partial charge in [-0.05, 0) is 31.9 Å². The maximum atomic E-state index is 9.58. The van der Waals surface area contributed by atoms with Crippen molar-refractivity contribution in [3.63, 3.8) is 0 Å². The summed E-state index contributed by atoms with van der Waals surface area (Å²) in [6.07, 6.45) is 4.35. The fourth-order valence-corrected chi connectivity index (χ4v) is 2.67. The zero-order valence-corrected chi connectivity index (χ0v) is 11.8. The van der Waals surface area contributed by atoms with Gasteiger partial charge in [0.15, 0.2) is 5.84 Å². The number of anilines is 1. The summed E-state index contributed by atoms with van der Waals surface area (Å²) in [5.41, 5.74) is 7.12. The molecule has 2 rings (SSSR count). The number of nitrogens with two attached hydrogens (primary N) is 1. The van der Waals surface area contributed by atoms with Crippen molar-refractivity contribution in [2.75, 3.05) is 18.1 Å². The van der Waals surface area contributed by atoms with Crippen molar-refractivity contribution < 1.29 is 10.3 Å². The van der Waals surface area contributed by atoms with Crippen molar-refractivity contribution in [2.45, 2.75) is 38.6 Å². The van der Waals surface area contributed by atoms with Gasteiger partial charge in [-0.3, -0.25) is 0 Å². The van der Waals surface area contributed by atoms with Crippen LogP contribution >= 0.6 is 0 Å². The molecule has 110 valence electrons. The molecule has 1 aliphatic heterocycles. The number of pyridine rings is 1. The van der Waals surface area contributed by atoms with Crippen LogP contribution in [-0.4, -0.2) is 40.3 Å². The lowest BCUT2D eigenvalue weighted by atomic mass is 10.1. The quantitative estimate of drug-likeness (QED) is 0.334. The lowest BCUT2D eigenvalue weighted by Crippen LogP contribution is -2.38. The van der Waals surface area contributed by atoms with Crippen molar-refractivity contribution in [3.05, 3.63) is 23.4 Å². The van der Waals surface area contributed by atoms with Gasteiger partial charge in [0.2, 0.25) is 0 Å². The number of hydrogen-bond donors (Lipinski definition) is 3. The second-order valence-electron chi connectivity index (χ2n) is 5.22. The molecule has 2 heterocycles. The van der Waals surface area contributed by atoms with E-state index in [0.717, 1.165) is 37.3 Å². The number of nitrogens with zero attached hydrogens (tertiary/aromatic N) is 3. The van der Waals surface area contributed by atoms with E-state index in [4.69, 9.17) is 10.9 Å². The topological polar surface area (TPSA) is 95.0 Å². The highest BCUT2D eigenvalue weighted by Crippen LogP contribution is 2.23. The summed E-state index contributed by atoms with van der Waals surface area (Å²) in [6.45, 7) is 2.87. The maximum Gasteiger partial charge on any atom is 0.170 e. The minimum Gasteiger partial charge on any atom is -0.409 e. The van der Waals surface area contributed by atoms with E-state index in [-0.39, 0.29) is 18.5 Å². The normalized spacial score (nSPS) is 20.8. The standard InChI is InChI=1S/C14H22N4O2/c1-10-7-11(14(15)17-20)8-13(16-10)18-6-4-2-3-5-12(18)9-19/h7-8,12,19-20H,2-6,9H2,1H3,(H2,15,17). The molecule has 1 aliphatic rings. The van der Waals surface area contributed by atoms with Crippen LogP contribution in [0.25, 0.3) is 0 Å². The number of aromatic nitrogens is 1. The van der Waals surface area contributed by atoms with Gasteiger partial charge in [-0.25, -0.2) is 4.98 Å². The lowest BCUT2D eigenvalue weighted by Gasteiger charge is -2.30. The fraction of sp³-hybridized carbons (Fsp3) is 0.571. The van der Waals surface area contributed by atoms with Gasteiger partial charge in [0, 0.05) is 17.8 Å². The minimum atomic E-state index is 0.0760. The number of hydrogen-bond acceptors (Lipinski definition) is 5. The highest BCUT2D eigenvalue weighted by atomic mass is 16.4. The Morgan fingerprint density at radius 1 is 1.45 bits per heavy atom. The van der Waals surface area contributed by atoms with Gasteiger partial charge < -0.3 is 20.9 Å². The first-order chi connectivity index (χ1) is 9.65. The third-order valence-corrected chi connectivity index (χ3v) is 3.73. The van der Waals surface area contributed by atoms with Crippen LogP contribution in [0.1, 0.15) is 36.9 Å². The Kier molecular flexibility index (Phi) is 4.79. The molecule has 1 aromatic rings. The highest BCUT2D eigenvalue weighted by Gasteiger charge is 2.22. The number of oxime groups is 1. The molecular weight excluding hydrogens is 256 g/mol. The molecule has 1 saturated heterocycles. The van der Waals surface area contributed by atoms with Gasteiger partial charge in [-0.1, -0.05) is 18.0 Å². The Hall–Kier alpha value is -1.82. The van der Waals surface area contributed by atoms with Crippen LogP contribution in [0.15, 0.2) is 17.3 Å². The van der Waals surface area contributed by atoms with Gasteiger partial charge in [0.1, 0.15) is 5.82 Å². The summed E-state index contributed by atoms with van der Waals surface area (Å²) in [5.74, 6) is 0.861. The summed E-state index contributed by atoms with van der Waals surface area (Å²) in [4.78, 5) is 6.67. The van der Waals surface area contributed by atoms with Crippen LogP contribution in [0.2, 0.25) is 0 Å². The second-order valence-corrected chi connectivity index (χ2v) is 5.22. The molecule has 0 saturated carbocycles. The molecule has 1 unspecified atom stereocenters. The van der Waals surface area contributed by atoms with Gasteiger partial charge in [0.05, 0.1) is 12.6 Å². The van der Waals surface area contributed by atoms with Crippen LogP contribution in [0.5, 0.6) is 0 Å². The Balaban J connectivity index is 2.36. The van der Waals surface area contributed by atoms with Crippen LogP contribution in [0, 0.1) is 6.92 Å². The molecular formula is C14H22N4O2. The molecule has 6 heteroatoms. The fourth-order valence-electron chi connectivity index (χ4n) is 2.67. The summed E-state index contributed by atoms with van der Waals surface area (Å²) < 4.78 is 0. The van der Waals surface area contributed by atoms with E-state index in [0.29, 0.717) is 5.56 Å². The Morgan fingerprint density at radius 3 is 2.95 bits per heavy atom. The van der Waals surface area contributed by atoms with E-state index in [2.05, 4.69) is 15.0 Å². The van der Waals surface area contributed by atoms with Crippen molar-refractivity contribution in [1.82, 2.24) is 4.98 Å². The molecule has 0 bridgehead atoms. The van der Waals surface area contributed by atoms with Gasteiger partial charge in [-0.15, -0.1) is 0 Å². The molecule has 4 N–H and O–H groups in total. The van der Waals surface area contributed by atoms with E-state index in [1.807, 2.05) is 13.0 Å². The third-order valence-electron chi connectivity index (χ3n) is 3.73. The first kappa shape index (κ1) is 14.6. The molecule has 1 atom stereocenters. The molecule has 20 heavy (non-hydrogen) atoms. The van der Waals surface area contributed by atoms with Crippen molar-refractivity contribution in [3.8, 4) is 0 Å². The monoisotopic (exact) mass is 278 g/mol. The molecule has 0 spiro atoms. The number of aliphatic hydroxyl groups is 1. The zero-order valence-electron chi connectivity index (χ0n) is 11.8. The molecule has 1 aromatic heterocycles. The van der Waals surface area contributed by atoms with Crippen molar-refractivity contribution in [2.24, 2.45) is 10.9 Å². The summed E-state index contributed by atoms with van der Waals surface area (Å²) in [6, 6.07) is 3.69. The largest absolute Gasteiger partial charge is 0.409 e. The number of aryl methyl sites for hydroxylation is 1.